The highest BCUT2D eigenvalue weighted by Gasteiger charge is 2.31. The average molecular weight is 248 g/mol. The minimum absolute atomic E-state index is 0.112. The number of hydrogen-bond donors (Lipinski definition) is 3. The first-order valence-corrected chi connectivity index (χ1v) is 6.38. The van der Waals surface area contributed by atoms with Crippen molar-refractivity contribution in [1.29, 1.82) is 0 Å². The Kier molecular flexibility index (Phi) is 3.99. The molecule has 1 aliphatic heterocycles. The first kappa shape index (κ1) is 13.1. The highest BCUT2D eigenvalue weighted by molar-refractivity contribution is 5.70. The first-order chi connectivity index (χ1) is 8.60. The van der Waals surface area contributed by atoms with Crippen molar-refractivity contribution in [2.45, 2.75) is 38.4 Å². The van der Waals surface area contributed by atoms with Crippen LogP contribution in [0.1, 0.15) is 36.9 Å². The summed E-state index contributed by atoms with van der Waals surface area (Å²) in [5.74, 6) is -0.948. The third-order valence-corrected chi connectivity index (χ3v) is 3.58. The monoisotopic (exact) mass is 248 g/mol. The quantitative estimate of drug-likeness (QED) is 0.760. The SMILES string of the molecule is CC1CC(C(=O)O)CC(c2cccc(CN)c2)N1. The van der Waals surface area contributed by atoms with Crippen molar-refractivity contribution in [1.82, 2.24) is 5.32 Å². The van der Waals surface area contributed by atoms with Gasteiger partial charge in [0.25, 0.3) is 0 Å². The maximum Gasteiger partial charge on any atom is 0.306 e. The number of piperidine rings is 1. The van der Waals surface area contributed by atoms with Crippen molar-refractivity contribution in [3.8, 4) is 0 Å². The topological polar surface area (TPSA) is 75.3 Å². The summed E-state index contributed by atoms with van der Waals surface area (Å²) in [5, 5.41) is 12.6. The van der Waals surface area contributed by atoms with Gasteiger partial charge >= 0.3 is 5.97 Å². The number of benzene rings is 1. The standard InChI is InChI=1S/C14H20N2O2/c1-9-5-12(14(17)18)7-13(16-9)11-4-2-3-10(6-11)8-15/h2-4,6,9,12-13,16H,5,7-8,15H2,1H3,(H,17,18). The van der Waals surface area contributed by atoms with Gasteiger partial charge in [0, 0.05) is 18.6 Å². The third-order valence-electron chi connectivity index (χ3n) is 3.58. The lowest BCUT2D eigenvalue weighted by Crippen LogP contribution is -2.41. The maximum absolute atomic E-state index is 11.2. The van der Waals surface area contributed by atoms with Crippen molar-refractivity contribution < 1.29 is 9.90 Å². The molecule has 0 aromatic heterocycles. The molecule has 0 spiro atoms. The van der Waals surface area contributed by atoms with Crippen molar-refractivity contribution in [3.05, 3.63) is 35.4 Å². The number of nitrogens with one attached hydrogen (secondary N) is 1. The van der Waals surface area contributed by atoms with E-state index < -0.39 is 5.97 Å². The number of carbonyl (C=O) groups is 1. The number of nitrogens with two attached hydrogens (primary N) is 1. The molecule has 0 bridgehead atoms. The van der Waals surface area contributed by atoms with Crippen molar-refractivity contribution in [3.63, 3.8) is 0 Å². The van der Waals surface area contributed by atoms with Crippen LogP contribution in [-0.4, -0.2) is 17.1 Å². The smallest absolute Gasteiger partial charge is 0.306 e. The lowest BCUT2D eigenvalue weighted by Gasteiger charge is -2.33. The summed E-state index contributed by atoms with van der Waals surface area (Å²) < 4.78 is 0. The summed E-state index contributed by atoms with van der Waals surface area (Å²) in [7, 11) is 0. The third kappa shape index (κ3) is 2.89. The zero-order chi connectivity index (χ0) is 13.1. The lowest BCUT2D eigenvalue weighted by atomic mass is 9.85. The van der Waals surface area contributed by atoms with Gasteiger partial charge in [-0.1, -0.05) is 24.3 Å². The second kappa shape index (κ2) is 5.50. The van der Waals surface area contributed by atoms with Crippen molar-refractivity contribution in [2.75, 3.05) is 0 Å². The average Bonchev–Trinajstić information content (AvgIpc) is 2.38. The van der Waals surface area contributed by atoms with E-state index in [1.54, 1.807) is 0 Å². The molecule has 18 heavy (non-hydrogen) atoms. The molecule has 0 amide bonds. The normalized spacial score (nSPS) is 28.0. The number of carboxylic acid groups (broad SMARTS) is 1. The molecule has 3 atom stereocenters. The fraction of sp³-hybridized carbons (Fsp3) is 0.500. The van der Waals surface area contributed by atoms with Gasteiger partial charge < -0.3 is 16.2 Å². The second-order valence-electron chi connectivity index (χ2n) is 5.08. The zero-order valence-corrected chi connectivity index (χ0v) is 10.6. The van der Waals surface area contributed by atoms with Gasteiger partial charge in [0.05, 0.1) is 5.92 Å². The summed E-state index contributed by atoms with van der Waals surface area (Å²) >= 11 is 0. The van der Waals surface area contributed by atoms with Crippen LogP contribution in [0.15, 0.2) is 24.3 Å². The molecule has 0 radical (unpaired) electrons. The van der Waals surface area contributed by atoms with Gasteiger partial charge in [0.1, 0.15) is 0 Å². The van der Waals surface area contributed by atoms with Crippen molar-refractivity contribution >= 4 is 5.97 Å². The molecule has 1 aromatic carbocycles. The Hall–Kier alpha value is -1.39. The van der Waals surface area contributed by atoms with Crippen LogP contribution in [0.2, 0.25) is 0 Å². The van der Waals surface area contributed by atoms with Crippen LogP contribution in [0.25, 0.3) is 0 Å². The van der Waals surface area contributed by atoms with E-state index in [1.165, 1.54) is 0 Å². The highest BCUT2D eigenvalue weighted by atomic mass is 16.4. The molecule has 1 saturated heterocycles. The van der Waals surface area contributed by atoms with Gasteiger partial charge in [-0.2, -0.15) is 0 Å². The molecule has 1 aliphatic rings. The van der Waals surface area contributed by atoms with Crippen LogP contribution < -0.4 is 11.1 Å². The number of carboxylic acids is 1. The van der Waals surface area contributed by atoms with E-state index in [0.717, 1.165) is 11.1 Å². The Morgan fingerprint density at radius 1 is 1.50 bits per heavy atom. The molecule has 98 valence electrons. The molecular formula is C14H20N2O2. The fourth-order valence-corrected chi connectivity index (χ4v) is 2.66. The molecule has 4 heteroatoms. The maximum atomic E-state index is 11.2. The molecule has 4 nitrogen and oxygen atoms in total. The Labute approximate surface area is 107 Å². The number of rotatable bonds is 3. The summed E-state index contributed by atoms with van der Waals surface area (Å²) in [6.07, 6.45) is 1.34. The van der Waals surface area contributed by atoms with E-state index >= 15 is 0 Å². The molecule has 0 aliphatic carbocycles. The second-order valence-corrected chi connectivity index (χ2v) is 5.08. The molecule has 0 saturated carbocycles. The predicted molar refractivity (Wildman–Crippen MR) is 70.0 cm³/mol. The summed E-state index contributed by atoms with van der Waals surface area (Å²) in [5.41, 5.74) is 7.85. The Morgan fingerprint density at radius 3 is 2.94 bits per heavy atom. The van der Waals surface area contributed by atoms with E-state index in [4.69, 9.17) is 5.73 Å². The summed E-state index contributed by atoms with van der Waals surface area (Å²) in [6.45, 7) is 2.55. The van der Waals surface area contributed by atoms with E-state index in [2.05, 4.69) is 11.4 Å². The fourth-order valence-electron chi connectivity index (χ4n) is 2.66. The van der Waals surface area contributed by atoms with Crippen molar-refractivity contribution in [2.24, 2.45) is 11.7 Å². The molecule has 4 N–H and O–H groups in total. The van der Waals surface area contributed by atoms with Crippen LogP contribution in [-0.2, 0) is 11.3 Å². The van der Waals surface area contributed by atoms with Crippen LogP contribution >= 0.6 is 0 Å². The Bertz CT molecular complexity index is 434. The van der Waals surface area contributed by atoms with E-state index in [1.807, 2.05) is 25.1 Å². The Morgan fingerprint density at radius 2 is 2.28 bits per heavy atom. The zero-order valence-electron chi connectivity index (χ0n) is 10.6. The van der Waals surface area contributed by atoms with Crippen LogP contribution in [0.3, 0.4) is 0 Å². The molecule has 2 rings (SSSR count). The summed E-state index contributed by atoms with van der Waals surface area (Å²) in [4.78, 5) is 11.2. The molecule has 1 fully saturated rings. The number of aliphatic carboxylic acids is 1. The van der Waals surface area contributed by atoms with E-state index in [9.17, 15) is 9.90 Å². The molecule has 3 unspecified atom stereocenters. The molecular weight excluding hydrogens is 228 g/mol. The predicted octanol–water partition coefficient (Wildman–Crippen LogP) is 1.66. The summed E-state index contributed by atoms with van der Waals surface area (Å²) in [6, 6.07) is 8.41. The van der Waals surface area contributed by atoms with Crippen LogP contribution in [0, 0.1) is 5.92 Å². The van der Waals surface area contributed by atoms with Gasteiger partial charge in [0.15, 0.2) is 0 Å². The first-order valence-electron chi connectivity index (χ1n) is 6.38. The molecule has 1 aromatic rings. The Balaban J connectivity index is 2.18. The largest absolute Gasteiger partial charge is 0.481 e. The minimum atomic E-state index is -0.691. The van der Waals surface area contributed by atoms with Crippen LogP contribution in [0.4, 0.5) is 0 Å². The van der Waals surface area contributed by atoms with Crippen LogP contribution in [0.5, 0.6) is 0 Å². The van der Waals surface area contributed by atoms with Gasteiger partial charge in [-0.05, 0) is 30.9 Å². The number of hydrogen-bond acceptors (Lipinski definition) is 3. The van der Waals surface area contributed by atoms with Gasteiger partial charge in [0.2, 0.25) is 0 Å². The minimum Gasteiger partial charge on any atom is -0.481 e. The molecule has 1 heterocycles. The van der Waals surface area contributed by atoms with Gasteiger partial charge in [-0.3, -0.25) is 4.79 Å². The van der Waals surface area contributed by atoms with E-state index in [0.29, 0.717) is 19.4 Å². The van der Waals surface area contributed by atoms with Gasteiger partial charge in [-0.15, -0.1) is 0 Å². The van der Waals surface area contributed by atoms with Gasteiger partial charge in [-0.25, -0.2) is 0 Å². The lowest BCUT2D eigenvalue weighted by molar-refractivity contribution is -0.143. The highest BCUT2D eigenvalue weighted by Crippen LogP contribution is 2.30. The van der Waals surface area contributed by atoms with E-state index in [-0.39, 0.29) is 18.0 Å².